The topological polar surface area (TPSA) is 12.0 Å². The van der Waals surface area contributed by atoms with Gasteiger partial charge < -0.3 is 5.32 Å². The van der Waals surface area contributed by atoms with Gasteiger partial charge in [0.25, 0.3) is 0 Å². The second-order valence-electron chi connectivity index (χ2n) is 5.73. The van der Waals surface area contributed by atoms with Gasteiger partial charge in [0.15, 0.2) is 0 Å². The van der Waals surface area contributed by atoms with E-state index in [1.54, 1.807) is 0 Å². The molecule has 0 aromatic heterocycles. The highest BCUT2D eigenvalue weighted by Crippen LogP contribution is 2.24. The minimum atomic E-state index is 0.768. The van der Waals surface area contributed by atoms with Crippen molar-refractivity contribution in [2.45, 2.75) is 39.3 Å². The van der Waals surface area contributed by atoms with Gasteiger partial charge >= 0.3 is 0 Å². The third-order valence-corrected chi connectivity index (χ3v) is 3.65. The van der Waals surface area contributed by atoms with E-state index >= 15 is 0 Å². The first-order valence-corrected chi connectivity index (χ1v) is 7.12. The van der Waals surface area contributed by atoms with Crippen LogP contribution in [0.3, 0.4) is 0 Å². The van der Waals surface area contributed by atoms with Crippen molar-refractivity contribution >= 4 is 0 Å². The Labute approximate surface area is 115 Å². The predicted octanol–water partition coefficient (Wildman–Crippen LogP) is 4.22. The Bertz CT molecular complexity index is 562. The van der Waals surface area contributed by atoms with E-state index in [2.05, 4.69) is 61.6 Å². The molecule has 0 heterocycles. The van der Waals surface area contributed by atoms with E-state index in [9.17, 15) is 0 Å². The van der Waals surface area contributed by atoms with Crippen molar-refractivity contribution in [2.24, 2.45) is 0 Å². The average molecular weight is 251 g/mol. The van der Waals surface area contributed by atoms with Crippen LogP contribution in [0.25, 0.3) is 11.1 Å². The Kier molecular flexibility index (Phi) is 3.39. The summed E-state index contributed by atoms with van der Waals surface area (Å²) in [5, 5.41) is 3.57. The molecule has 1 heteroatoms. The lowest BCUT2D eigenvalue weighted by atomic mass is 9.99. The van der Waals surface area contributed by atoms with Crippen LogP contribution in [-0.2, 0) is 6.54 Å². The van der Waals surface area contributed by atoms with Gasteiger partial charge in [-0.25, -0.2) is 0 Å². The fourth-order valence-corrected chi connectivity index (χ4v) is 2.55. The molecule has 2 aromatic carbocycles. The van der Waals surface area contributed by atoms with Crippen LogP contribution in [0.5, 0.6) is 0 Å². The summed E-state index contributed by atoms with van der Waals surface area (Å²) in [4.78, 5) is 0. The van der Waals surface area contributed by atoms with Gasteiger partial charge in [0.1, 0.15) is 0 Å². The number of hydrogen-bond acceptors (Lipinski definition) is 1. The fraction of sp³-hybridized carbons (Fsp3) is 0.333. The first kappa shape index (κ1) is 12.4. The van der Waals surface area contributed by atoms with Crippen molar-refractivity contribution in [3.05, 3.63) is 59.2 Å². The zero-order valence-corrected chi connectivity index (χ0v) is 11.7. The molecule has 1 aliphatic carbocycles. The molecule has 0 radical (unpaired) electrons. The van der Waals surface area contributed by atoms with Gasteiger partial charge in [-0.15, -0.1) is 0 Å². The molecule has 1 aliphatic rings. The van der Waals surface area contributed by atoms with Crippen LogP contribution in [0.1, 0.15) is 29.5 Å². The molecule has 2 aromatic rings. The van der Waals surface area contributed by atoms with Gasteiger partial charge in [-0.1, -0.05) is 47.5 Å². The van der Waals surface area contributed by atoms with Gasteiger partial charge in [-0.2, -0.15) is 0 Å². The summed E-state index contributed by atoms with van der Waals surface area (Å²) in [6, 6.07) is 16.4. The van der Waals surface area contributed by atoms with E-state index in [0.717, 1.165) is 12.6 Å². The van der Waals surface area contributed by atoms with Crippen LogP contribution < -0.4 is 5.32 Å². The maximum atomic E-state index is 3.57. The standard InChI is InChI=1S/C18H21N/c1-13-8-14(2)10-17(9-13)16-5-3-4-15(11-16)12-19-18-6-7-18/h3-5,8-11,18-19H,6-7,12H2,1-2H3. The van der Waals surface area contributed by atoms with Crippen molar-refractivity contribution < 1.29 is 0 Å². The highest BCUT2D eigenvalue weighted by molar-refractivity contribution is 5.65. The summed E-state index contributed by atoms with van der Waals surface area (Å²) >= 11 is 0. The summed E-state index contributed by atoms with van der Waals surface area (Å²) in [6.07, 6.45) is 2.69. The highest BCUT2D eigenvalue weighted by atomic mass is 14.9. The van der Waals surface area contributed by atoms with Crippen molar-refractivity contribution in [3.63, 3.8) is 0 Å². The SMILES string of the molecule is Cc1cc(C)cc(-c2cccc(CNC3CC3)c2)c1. The third kappa shape index (κ3) is 3.24. The van der Waals surface area contributed by atoms with Gasteiger partial charge in [0.2, 0.25) is 0 Å². The molecule has 98 valence electrons. The monoisotopic (exact) mass is 251 g/mol. The molecule has 19 heavy (non-hydrogen) atoms. The smallest absolute Gasteiger partial charge is 0.0208 e. The second-order valence-corrected chi connectivity index (χ2v) is 5.73. The van der Waals surface area contributed by atoms with E-state index in [1.165, 1.54) is 40.7 Å². The minimum Gasteiger partial charge on any atom is -0.310 e. The molecule has 0 amide bonds. The normalized spacial score (nSPS) is 14.6. The van der Waals surface area contributed by atoms with Crippen LogP contribution in [0.4, 0.5) is 0 Å². The molecular weight excluding hydrogens is 230 g/mol. The first-order chi connectivity index (χ1) is 9.20. The van der Waals surface area contributed by atoms with E-state index in [-0.39, 0.29) is 0 Å². The van der Waals surface area contributed by atoms with Gasteiger partial charge in [-0.05, 0) is 49.4 Å². The van der Waals surface area contributed by atoms with E-state index in [4.69, 9.17) is 0 Å². The second kappa shape index (κ2) is 5.18. The summed E-state index contributed by atoms with van der Waals surface area (Å²) in [5.41, 5.74) is 6.68. The van der Waals surface area contributed by atoms with Crippen molar-refractivity contribution in [1.82, 2.24) is 5.32 Å². The molecule has 1 nitrogen and oxygen atoms in total. The number of rotatable bonds is 4. The molecule has 0 saturated heterocycles. The van der Waals surface area contributed by atoms with E-state index in [0.29, 0.717) is 0 Å². The quantitative estimate of drug-likeness (QED) is 0.857. The maximum Gasteiger partial charge on any atom is 0.0208 e. The predicted molar refractivity (Wildman–Crippen MR) is 81.2 cm³/mol. The molecule has 0 atom stereocenters. The lowest BCUT2D eigenvalue weighted by Gasteiger charge is -2.08. The Morgan fingerprint density at radius 2 is 1.68 bits per heavy atom. The molecule has 1 fully saturated rings. The lowest BCUT2D eigenvalue weighted by molar-refractivity contribution is 0.688. The molecule has 0 unspecified atom stereocenters. The maximum absolute atomic E-state index is 3.57. The number of hydrogen-bond donors (Lipinski definition) is 1. The number of nitrogens with one attached hydrogen (secondary N) is 1. The van der Waals surface area contributed by atoms with E-state index in [1.807, 2.05) is 0 Å². The van der Waals surface area contributed by atoms with Crippen LogP contribution in [0, 0.1) is 13.8 Å². The average Bonchev–Trinajstić information content (AvgIpc) is 3.20. The zero-order chi connectivity index (χ0) is 13.2. The summed E-state index contributed by atoms with van der Waals surface area (Å²) in [5.74, 6) is 0. The van der Waals surface area contributed by atoms with E-state index < -0.39 is 0 Å². The van der Waals surface area contributed by atoms with Crippen molar-refractivity contribution in [1.29, 1.82) is 0 Å². The van der Waals surface area contributed by atoms with Gasteiger partial charge in [0.05, 0.1) is 0 Å². The summed E-state index contributed by atoms with van der Waals surface area (Å²) in [6.45, 7) is 5.31. The minimum absolute atomic E-state index is 0.768. The summed E-state index contributed by atoms with van der Waals surface area (Å²) < 4.78 is 0. The fourth-order valence-electron chi connectivity index (χ4n) is 2.55. The first-order valence-electron chi connectivity index (χ1n) is 7.12. The van der Waals surface area contributed by atoms with Crippen molar-refractivity contribution in [2.75, 3.05) is 0 Å². The van der Waals surface area contributed by atoms with Crippen LogP contribution in [0.2, 0.25) is 0 Å². The largest absolute Gasteiger partial charge is 0.310 e. The molecule has 1 saturated carbocycles. The molecule has 3 rings (SSSR count). The van der Waals surface area contributed by atoms with Gasteiger partial charge in [0, 0.05) is 12.6 Å². The Hall–Kier alpha value is -1.60. The Morgan fingerprint density at radius 3 is 2.37 bits per heavy atom. The van der Waals surface area contributed by atoms with Crippen LogP contribution in [-0.4, -0.2) is 6.04 Å². The number of aryl methyl sites for hydroxylation is 2. The lowest BCUT2D eigenvalue weighted by Crippen LogP contribution is -2.15. The molecule has 0 spiro atoms. The molecule has 0 aliphatic heterocycles. The van der Waals surface area contributed by atoms with Crippen LogP contribution in [0.15, 0.2) is 42.5 Å². The molecule has 0 bridgehead atoms. The molecular formula is C18H21N. The Balaban J connectivity index is 1.84. The zero-order valence-electron chi connectivity index (χ0n) is 11.7. The van der Waals surface area contributed by atoms with Gasteiger partial charge in [-0.3, -0.25) is 0 Å². The summed E-state index contributed by atoms with van der Waals surface area (Å²) in [7, 11) is 0. The highest BCUT2D eigenvalue weighted by Gasteiger charge is 2.19. The molecule has 1 N–H and O–H groups in total. The van der Waals surface area contributed by atoms with Crippen LogP contribution >= 0.6 is 0 Å². The third-order valence-electron chi connectivity index (χ3n) is 3.65. The van der Waals surface area contributed by atoms with Crippen molar-refractivity contribution in [3.8, 4) is 11.1 Å². The number of benzene rings is 2. The Morgan fingerprint density at radius 1 is 0.947 bits per heavy atom.